The van der Waals surface area contributed by atoms with E-state index in [4.69, 9.17) is 9.47 Å². The van der Waals surface area contributed by atoms with E-state index in [0.29, 0.717) is 12.2 Å². The lowest BCUT2D eigenvalue weighted by Gasteiger charge is -2.48. The number of amides is 1. The number of hydrogen-bond donors (Lipinski definition) is 1. The van der Waals surface area contributed by atoms with Gasteiger partial charge >= 0.3 is 0 Å². The summed E-state index contributed by atoms with van der Waals surface area (Å²) in [5.41, 5.74) is -0.593. The summed E-state index contributed by atoms with van der Waals surface area (Å²) < 4.78 is 10.6. The zero-order chi connectivity index (χ0) is 17.3. The second-order valence-corrected chi connectivity index (χ2v) is 7.02. The number of likely N-dealkylation sites (tertiary alicyclic amines) is 1. The van der Waals surface area contributed by atoms with E-state index in [1.807, 2.05) is 20.8 Å². The van der Waals surface area contributed by atoms with Gasteiger partial charge in [-0.1, -0.05) is 0 Å². The Kier molecular flexibility index (Phi) is 4.87. The number of benzene rings is 1. The van der Waals surface area contributed by atoms with Crippen molar-refractivity contribution in [3.8, 4) is 11.5 Å². The summed E-state index contributed by atoms with van der Waals surface area (Å²) in [4.78, 5) is 11.9. The predicted octanol–water partition coefficient (Wildman–Crippen LogP) is 1.17. The fraction of sp³-hybridized carbons (Fsp3) is 0.588. The van der Waals surface area contributed by atoms with Gasteiger partial charge in [0.25, 0.3) is 6.09 Å². The molecular weight excluding hydrogens is 298 g/mol. The summed E-state index contributed by atoms with van der Waals surface area (Å²) in [6.07, 6.45) is -1.46. The van der Waals surface area contributed by atoms with Gasteiger partial charge in [-0.25, -0.2) is 0 Å². The Hall–Kier alpha value is -1.79. The highest BCUT2D eigenvalue weighted by Gasteiger charge is 2.55. The first-order valence-electron chi connectivity index (χ1n) is 7.75. The molecule has 1 N–H and O–H groups in total. The second-order valence-electron chi connectivity index (χ2n) is 7.02. The molecule has 1 amide bonds. The molecule has 128 valence electrons. The van der Waals surface area contributed by atoms with Gasteiger partial charge in [-0.05, 0) is 45.0 Å². The number of carbonyl (C=O) groups is 1. The first kappa shape index (κ1) is 17.6. The van der Waals surface area contributed by atoms with Crippen LogP contribution >= 0.6 is 0 Å². The molecule has 0 bridgehead atoms. The Morgan fingerprint density at radius 1 is 1.30 bits per heavy atom. The molecule has 6 heteroatoms. The van der Waals surface area contributed by atoms with Crippen LogP contribution in [-0.4, -0.2) is 53.6 Å². The molecule has 0 aromatic heterocycles. The summed E-state index contributed by atoms with van der Waals surface area (Å²) in [7, 11) is 1.59. The maximum atomic E-state index is 11.9. The van der Waals surface area contributed by atoms with Gasteiger partial charge in [0, 0.05) is 6.42 Å². The summed E-state index contributed by atoms with van der Waals surface area (Å²) in [6.45, 7) is 5.89. The van der Waals surface area contributed by atoms with E-state index < -0.39 is 17.7 Å². The maximum absolute atomic E-state index is 11.9. The quantitative estimate of drug-likeness (QED) is 0.842. The van der Waals surface area contributed by atoms with Crippen molar-refractivity contribution in [2.75, 3.05) is 20.3 Å². The molecule has 23 heavy (non-hydrogen) atoms. The number of methoxy groups -OCH3 is 1. The number of rotatable bonds is 4. The summed E-state index contributed by atoms with van der Waals surface area (Å²) in [6, 6.07) is 6.74. The van der Waals surface area contributed by atoms with E-state index in [2.05, 4.69) is 0 Å². The van der Waals surface area contributed by atoms with Gasteiger partial charge in [0.2, 0.25) is 0 Å². The number of nitrogens with zero attached hydrogens (tertiary/aromatic N) is 1. The third-order valence-electron chi connectivity index (χ3n) is 4.69. The van der Waals surface area contributed by atoms with Crippen LogP contribution in [0.25, 0.3) is 0 Å². The highest BCUT2D eigenvalue weighted by Crippen LogP contribution is 2.37. The van der Waals surface area contributed by atoms with E-state index in [0.717, 1.165) is 5.75 Å². The highest BCUT2D eigenvalue weighted by molar-refractivity contribution is 5.55. The zero-order valence-electron chi connectivity index (χ0n) is 14.1. The molecule has 0 saturated carbocycles. The summed E-state index contributed by atoms with van der Waals surface area (Å²) >= 11 is 0. The number of aliphatic hydroxyl groups is 1. The van der Waals surface area contributed by atoms with Crippen LogP contribution in [0.2, 0.25) is 0 Å². The molecule has 1 unspecified atom stereocenters. The molecule has 0 radical (unpaired) electrons. The van der Waals surface area contributed by atoms with Crippen LogP contribution in [0.1, 0.15) is 27.2 Å². The Labute approximate surface area is 136 Å². The van der Waals surface area contributed by atoms with Crippen molar-refractivity contribution >= 4 is 6.09 Å². The van der Waals surface area contributed by atoms with Crippen LogP contribution in [0, 0.1) is 0 Å². The molecule has 3 atom stereocenters. The lowest BCUT2D eigenvalue weighted by molar-refractivity contribution is -0.931. The number of aliphatic hydroxyl groups excluding tert-OH is 1. The van der Waals surface area contributed by atoms with Crippen molar-refractivity contribution < 1.29 is 29.0 Å². The van der Waals surface area contributed by atoms with Crippen LogP contribution in [0.5, 0.6) is 11.5 Å². The first-order valence-corrected chi connectivity index (χ1v) is 7.75. The van der Waals surface area contributed by atoms with Crippen molar-refractivity contribution in [2.24, 2.45) is 0 Å². The van der Waals surface area contributed by atoms with E-state index in [1.165, 1.54) is 0 Å². The third kappa shape index (κ3) is 3.28. The van der Waals surface area contributed by atoms with Crippen LogP contribution < -0.4 is 14.6 Å². The first-order chi connectivity index (χ1) is 10.7. The van der Waals surface area contributed by atoms with Crippen molar-refractivity contribution in [3.05, 3.63) is 24.3 Å². The summed E-state index contributed by atoms with van der Waals surface area (Å²) in [5.74, 6) is 1.36. The van der Waals surface area contributed by atoms with E-state index in [9.17, 15) is 15.0 Å². The Balaban J connectivity index is 2.17. The van der Waals surface area contributed by atoms with Crippen molar-refractivity contribution in [1.82, 2.24) is 0 Å². The van der Waals surface area contributed by atoms with Crippen LogP contribution in [-0.2, 0) is 0 Å². The number of carbonyl (C=O) groups excluding carboxylic acids is 1. The van der Waals surface area contributed by atoms with Gasteiger partial charge in [0.05, 0.1) is 12.6 Å². The van der Waals surface area contributed by atoms with Gasteiger partial charge < -0.3 is 24.5 Å². The van der Waals surface area contributed by atoms with Gasteiger partial charge in [0.15, 0.2) is 0 Å². The largest absolute Gasteiger partial charge is 0.498 e. The van der Waals surface area contributed by atoms with Gasteiger partial charge in [0.1, 0.15) is 36.8 Å². The third-order valence-corrected chi connectivity index (χ3v) is 4.69. The van der Waals surface area contributed by atoms with Crippen molar-refractivity contribution in [2.45, 2.75) is 44.9 Å². The molecule has 1 aromatic carbocycles. The minimum Gasteiger partial charge on any atom is -0.498 e. The smallest absolute Gasteiger partial charge is 0.258 e. The Morgan fingerprint density at radius 2 is 1.87 bits per heavy atom. The van der Waals surface area contributed by atoms with Crippen molar-refractivity contribution in [3.63, 3.8) is 0 Å². The number of hydrogen-bond acceptors (Lipinski definition) is 5. The van der Waals surface area contributed by atoms with E-state index in [-0.39, 0.29) is 23.7 Å². The zero-order valence-corrected chi connectivity index (χ0v) is 14.1. The van der Waals surface area contributed by atoms with Gasteiger partial charge in [-0.3, -0.25) is 4.48 Å². The molecule has 2 rings (SSSR count). The maximum Gasteiger partial charge on any atom is 0.258 e. The van der Waals surface area contributed by atoms with Gasteiger partial charge in [-0.15, -0.1) is 0 Å². The lowest BCUT2D eigenvalue weighted by atomic mass is 10.00. The second kappa shape index (κ2) is 6.37. The normalized spacial score (nSPS) is 27.7. The Morgan fingerprint density at radius 3 is 2.35 bits per heavy atom. The molecule has 1 fully saturated rings. The SMILES string of the molecule is COc1ccc(OC[C@H]2C[C@H](O)C[N+]2(C(=O)[O-])C(C)(C)C)cc1. The predicted molar refractivity (Wildman–Crippen MR) is 83.2 cm³/mol. The lowest BCUT2D eigenvalue weighted by Crippen LogP contribution is -2.71. The van der Waals surface area contributed by atoms with E-state index in [1.54, 1.807) is 31.4 Å². The van der Waals surface area contributed by atoms with Crippen LogP contribution in [0.4, 0.5) is 4.79 Å². The molecule has 6 nitrogen and oxygen atoms in total. The molecule has 0 aliphatic carbocycles. The minimum atomic E-state index is -1.17. The number of quaternary nitrogens is 1. The fourth-order valence-corrected chi connectivity index (χ4v) is 3.43. The molecule has 1 aliphatic rings. The summed E-state index contributed by atoms with van der Waals surface area (Å²) in [5, 5.41) is 21.9. The molecule has 1 heterocycles. The minimum absolute atomic E-state index is 0.141. The van der Waals surface area contributed by atoms with E-state index >= 15 is 0 Å². The van der Waals surface area contributed by atoms with Crippen LogP contribution in [0.3, 0.4) is 0 Å². The topological polar surface area (TPSA) is 78.8 Å². The molecule has 1 saturated heterocycles. The number of carboxylic acid groups (broad SMARTS) is 1. The molecule has 1 aromatic rings. The molecule has 0 spiro atoms. The standard InChI is InChI=1S/C17H25NO5/c1-17(2,3)18(16(20)21)10-13(19)9-12(18)11-23-15-7-5-14(22-4)6-8-15/h5-8,12-13,19H,9-11H2,1-4H3/t12-,13+,18?/m1/s1. The van der Waals surface area contributed by atoms with Gasteiger partial charge in [-0.2, -0.15) is 0 Å². The Bertz CT molecular complexity index is 551. The fourth-order valence-electron chi connectivity index (χ4n) is 3.43. The van der Waals surface area contributed by atoms with Crippen molar-refractivity contribution in [1.29, 1.82) is 0 Å². The average Bonchev–Trinajstić information content (AvgIpc) is 2.83. The molecular formula is C17H25NO5. The highest BCUT2D eigenvalue weighted by atomic mass is 16.5. The average molecular weight is 323 g/mol. The molecule has 1 aliphatic heterocycles. The monoisotopic (exact) mass is 323 g/mol. The number of ether oxygens (including phenoxy) is 2. The van der Waals surface area contributed by atoms with Crippen LogP contribution in [0.15, 0.2) is 24.3 Å².